The quantitative estimate of drug-likeness (QED) is 0.403. The molecule has 1 aliphatic heterocycles. The molecule has 5 aromatic rings. The molecule has 0 saturated carbocycles. The molecule has 0 unspecified atom stereocenters. The van der Waals surface area contributed by atoms with Crippen LogP contribution in [0.15, 0.2) is 42.9 Å². The predicted octanol–water partition coefficient (Wildman–Crippen LogP) is 3.41. The fraction of sp³-hybridized carbons (Fsp3) is 0.261. The number of nitrogens with one attached hydrogen (secondary N) is 2. The van der Waals surface area contributed by atoms with Crippen LogP contribution in [0, 0.1) is 0 Å². The average molecular weight is 426 g/mol. The Morgan fingerprint density at radius 3 is 2.81 bits per heavy atom. The number of H-pyrrole nitrogens is 2. The van der Waals surface area contributed by atoms with Gasteiger partial charge in [0.25, 0.3) is 0 Å². The molecule has 9 nitrogen and oxygen atoms in total. The summed E-state index contributed by atoms with van der Waals surface area (Å²) in [6, 6.07) is 8.00. The third-order valence-electron chi connectivity index (χ3n) is 6.03. The van der Waals surface area contributed by atoms with Crippen LogP contribution >= 0.6 is 0 Å². The highest BCUT2D eigenvalue weighted by molar-refractivity contribution is 5.93. The zero-order valence-electron chi connectivity index (χ0n) is 17.5. The van der Waals surface area contributed by atoms with Crippen molar-refractivity contribution in [2.75, 3.05) is 18.0 Å². The van der Waals surface area contributed by atoms with Gasteiger partial charge in [0, 0.05) is 43.8 Å². The Balaban J connectivity index is 1.45. The van der Waals surface area contributed by atoms with Crippen molar-refractivity contribution < 1.29 is 0 Å². The molecular weight excluding hydrogens is 402 g/mol. The van der Waals surface area contributed by atoms with Crippen molar-refractivity contribution in [1.82, 2.24) is 35.1 Å². The van der Waals surface area contributed by atoms with Gasteiger partial charge in [0.15, 0.2) is 17.2 Å². The van der Waals surface area contributed by atoms with Crippen LogP contribution in [0.1, 0.15) is 24.8 Å². The highest BCUT2D eigenvalue weighted by Gasteiger charge is 2.19. The van der Waals surface area contributed by atoms with Crippen molar-refractivity contribution in [2.24, 2.45) is 5.73 Å². The van der Waals surface area contributed by atoms with Crippen LogP contribution in [0.4, 0.5) is 5.69 Å². The Bertz CT molecular complexity index is 1410. The average Bonchev–Trinajstić information content (AvgIpc) is 3.48. The van der Waals surface area contributed by atoms with E-state index in [9.17, 15) is 0 Å². The first-order valence-corrected chi connectivity index (χ1v) is 10.9. The van der Waals surface area contributed by atoms with Gasteiger partial charge < -0.3 is 15.6 Å². The van der Waals surface area contributed by atoms with Crippen LogP contribution in [0.2, 0.25) is 0 Å². The highest BCUT2D eigenvalue weighted by Crippen LogP contribution is 2.31. The lowest BCUT2D eigenvalue weighted by Crippen LogP contribution is -2.29. The zero-order chi connectivity index (χ0) is 21.5. The Hall–Kier alpha value is -3.85. The maximum atomic E-state index is 5.78. The molecule has 1 saturated heterocycles. The standard InChI is InChI=1S/C23H23N9/c24-11-14-10-15(13-25-12-14)16-4-5-17-19(27-16)21(31-30-17)23-28-20-18(6-7-26-22(20)29-23)32-8-2-1-3-9-32/h4-7,10,12-13H,1-3,8-9,11,24H2,(H,30,31)(H,26,28,29). The number of fused-ring (bicyclic) bond motifs is 2. The molecule has 1 fully saturated rings. The fourth-order valence-electron chi connectivity index (χ4n) is 4.37. The number of nitrogens with zero attached hydrogens (tertiary/aromatic N) is 6. The molecule has 0 bridgehead atoms. The van der Waals surface area contributed by atoms with Crippen molar-refractivity contribution in [1.29, 1.82) is 0 Å². The summed E-state index contributed by atoms with van der Waals surface area (Å²) in [5, 5.41) is 7.58. The van der Waals surface area contributed by atoms with E-state index in [2.05, 4.69) is 36.1 Å². The summed E-state index contributed by atoms with van der Waals surface area (Å²) in [4.78, 5) is 24.3. The molecule has 6 rings (SSSR count). The number of aromatic amines is 2. The van der Waals surface area contributed by atoms with E-state index in [0.29, 0.717) is 23.7 Å². The van der Waals surface area contributed by atoms with E-state index in [1.807, 2.05) is 24.4 Å². The third-order valence-corrected chi connectivity index (χ3v) is 6.03. The van der Waals surface area contributed by atoms with Crippen LogP contribution in [-0.2, 0) is 6.54 Å². The van der Waals surface area contributed by atoms with Crippen LogP contribution < -0.4 is 10.6 Å². The number of anilines is 1. The maximum Gasteiger partial charge on any atom is 0.180 e. The van der Waals surface area contributed by atoms with Gasteiger partial charge >= 0.3 is 0 Å². The molecule has 32 heavy (non-hydrogen) atoms. The molecule has 160 valence electrons. The molecule has 1 aliphatic rings. The summed E-state index contributed by atoms with van der Waals surface area (Å²) in [5.41, 5.74) is 13.5. The van der Waals surface area contributed by atoms with Crippen molar-refractivity contribution in [3.8, 4) is 22.8 Å². The van der Waals surface area contributed by atoms with Crippen LogP contribution in [0.5, 0.6) is 0 Å². The first-order valence-electron chi connectivity index (χ1n) is 10.9. The molecule has 0 atom stereocenters. The van der Waals surface area contributed by atoms with E-state index < -0.39 is 0 Å². The second-order valence-corrected chi connectivity index (χ2v) is 8.11. The van der Waals surface area contributed by atoms with Crippen LogP contribution in [0.25, 0.3) is 45.0 Å². The molecule has 0 spiro atoms. The summed E-state index contributed by atoms with van der Waals surface area (Å²) in [6.07, 6.45) is 9.10. The van der Waals surface area contributed by atoms with E-state index in [1.165, 1.54) is 19.3 Å². The van der Waals surface area contributed by atoms with E-state index in [1.54, 1.807) is 12.4 Å². The number of hydrogen-bond donors (Lipinski definition) is 3. The third kappa shape index (κ3) is 3.18. The Morgan fingerprint density at radius 2 is 1.94 bits per heavy atom. The van der Waals surface area contributed by atoms with Gasteiger partial charge in [-0.1, -0.05) is 0 Å². The van der Waals surface area contributed by atoms with Gasteiger partial charge in [0.2, 0.25) is 0 Å². The Morgan fingerprint density at radius 1 is 1.03 bits per heavy atom. The second-order valence-electron chi connectivity index (χ2n) is 8.11. The Labute approximate surface area is 184 Å². The van der Waals surface area contributed by atoms with E-state index in [0.717, 1.165) is 52.1 Å². The Kier molecular flexibility index (Phi) is 4.53. The number of hydrogen-bond acceptors (Lipinski definition) is 7. The lowest BCUT2D eigenvalue weighted by atomic mass is 10.1. The molecular formula is C23H23N9. The summed E-state index contributed by atoms with van der Waals surface area (Å²) < 4.78 is 0. The monoisotopic (exact) mass is 425 g/mol. The number of pyridine rings is 3. The second kappa shape index (κ2) is 7.69. The van der Waals surface area contributed by atoms with Gasteiger partial charge in [0.1, 0.15) is 11.0 Å². The topological polar surface area (TPSA) is 125 Å². The van der Waals surface area contributed by atoms with Crippen molar-refractivity contribution in [2.45, 2.75) is 25.8 Å². The number of imidazole rings is 1. The maximum absolute atomic E-state index is 5.78. The van der Waals surface area contributed by atoms with Crippen LogP contribution in [0.3, 0.4) is 0 Å². The van der Waals surface area contributed by atoms with E-state index in [-0.39, 0.29) is 0 Å². The first-order chi connectivity index (χ1) is 15.8. The molecule has 0 aromatic carbocycles. The fourth-order valence-corrected chi connectivity index (χ4v) is 4.37. The molecule has 5 aromatic heterocycles. The lowest BCUT2D eigenvalue weighted by molar-refractivity contribution is 0.578. The van der Waals surface area contributed by atoms with Gasteiger partial charge in [0.05, 0.1) is 16.9 Å². The van der Waals surface area contributed by atoms with Crippen LogP contribution in [-0.4, -0.2) is 48.2 Å². The van der Waals surface area contributed by atoms with Crippen molar-refractivity contribution in [3.63, 3.8) is 0 Å². The molecule has 0 amide bonds. The summed E-state index contributed by atoms with van der Waals surface area (Å²) in [5.74, 6) is 0.654. The zero-order valence-corrected chi connectivity index (χ0v) is 17.5. The minimum absolute atomic E-state index is 0.436. The van der Waals surface area contributed by atoms with Crippen molar-refractivity contribution >= 4 is 27.9 Å². The van der Waals surface area contributed by atoms with Gasteiger partial charge in [-0.15, -0.1) is 0 Å². The minimum atomic E-state index is 0.436. The lowest BCUT2D eigenvalue weighted by Gasteiger charge is -2.28. The van der Waals surface area contributed by atoms with E-state index in [4.69, 9.17) is 15.7 Å². The minimum Gasteiger partial charge on any atom is -0.370 e. The molecule has 4 N–H and O–H groups in total. The number of piperidine rings is 1. The number of nitrogens with two attached hydrogens (primary N) is 1. The molecule has 0 aliphatic carbocycles. The normalized spacial score (nSPS) is 14.5. The smallest absolute Gasteiger partial charge is 0.180 e. The van der Waals surface area contributed by atoms with E-state index >= 15 is 0 Å². The first kappa shape index (κ1) is 18.9. The molecule has 6 heterocycles. The molecule has 9 heteroatoms. The van der Waals surface area contributed by atoms with Crippen molar-refractivity contribution in [3.05, 3.63) is 48.4 Å². The largest absolute Gasteiger partial charge is 0.370 e. The number of rotatable bonds is 4. The molecule has 0 radical (unpaired) electrons. The predicted molar refractivity (Wildman–Crippen MR) is 124 cm³/mol. The van der Waals surface area contributed by atoms with Gasteiger partial charge in [-0.3, -0.25) is 10.1 Å². The van der Waals surface area contributed by atoms with Gasteiger partial charge in [-0.2, -0.15) is 5.10 Å². The highest BCUT2D eigenvalue weighted by atomic mass is 15.2. The van der Waals surface area contributed by atoms with Gasteiger partial charge in [-0.05, 0) is 49.1 Å². The summed E-state index contributed by atoms with van der Waals surface area (Å²) >= 11 is 0. The number of aromatic nitrogens is 7. The summed E-state index contributed by atoms with van der Waals surface area (Å²) in [7, 11) is 0. The SMILES string of the molecule is NCc1cncc(-c2ccc3[nH]nc(-c4nc5nccc(N6CCCCC6)c5[nH]4)c3n2)c1. The van der Waals surface area contributed by atoms with Gasteiger partial charge in [-0.25, -0.2) is 15.0 Å². The summed E-state index contributed by atoms with van der Waals surface area (Å²) in [6.45, 7) is 2.55.